The average Bonchev–Trinajstić information content (AvgIpc) is 1.60. The summed E-state index contributed by atoms with van der Waals surface area (Å²) < 4.78 is 88.9. The number of likely N-dealkylation sites (N-methyl/N-ethyl adjacent to an activating group) is 1. The SMILES string of the molecule is CCN1/C(=C/C=C/C2=[N+](CCCCCC(=O)NCCCC[C@H](NC(=O)[C@H](Cc3ccc(C(=O)c4ccccc4)cc3)NC(=O)OCc3ccccc3)C(=O)NCCOCCOCC(N)=O)c3ccc(S(=O)(=O)O)cc3C2(C)C)C(C)(C)c2cc(S(=O)(=O)[O-])ccc21. The second-order valence-corrected chi connectivity index (χ2v) is 26.0. The summed E-state index contributed by atoms with van der Waals surface area (Å²) in [7, 11) is -9.21. The van der Waals surface area contributed by atoms with E-state index in [1.807, 2.05) is 65.0 Å². The maximum Gasteiger partial charge on any atom is 0.408 e. The molecule has 2 aliphatic heterocycles. The van der Waals surface area contributed by atoms with E-state index in [1.54, 1.807) is 84.9 Å². The van der Waals surface area contributed by atoms with E-state index in [1.165, 1.54) is 24.3 Å². The van der Waals surface area contributed by atoms with Gasteiger partial charge >= 0.3 is 6.09 Å². The number of alkyl carbamates (subject to hydrolysis) is 1. The third-order valence-corrected chi connectivity index (χ3v) is 17.7. The number of primary amides is 1. The van der Waals surface area contributed by atoms with E-state index >= 15 is 0 Å². The Labute approximate surface area is 532 Å². The van der Waals surface area contributed by atoms with Crippen molar-refractivity contribution in [2.45, 2.75) is 125 Å². The highest BCUT2D eigenvalue weighted by Gasteiger charge is 2.45. The molecule has 0 radical (unpaired) electrons. The fourth-order valence-corrected chi connectivity index (χ4v) is 12.2. The van der Waals surface area contributed by atoms with Crippen molar-refractivity contribution in [3.05, 3.63) is 179 Å². The summed E-state index contributed by atoms with van der Waals surface area (Å²) in [6.07, 6.45) is 8.00. The van der Waals surface area contributed by atoms with Crippen LogP contribution in [0.5, 0.6) is 0 Å². The van der Waals surface area contributed by atoms with Crippen LogP contribution in [-0.4, -0.2) is 136 Å². The summed E-state index contributed by atoms with van der Waals surface area (Å²) in [6.45, 7) is 11.2. The van der Waals surface area contributed by atoms with Gasteiger partial charge in [0.25, 0.3) is 10.1 Å². The van der Waals surface area contributed by atoms with Gasteiger partial charge in [-0.15, -0.1) is 0 Å². The molecule has 2 atom stereocenters. The standard InChI is InChI=1S/C67H81N7O15S2/c1-6-73-56-33-31-50(90(81,82)83)42-52(56)66(2,3)58(73)24-18-25-59-67(4,5)53-43-51(91(84,85)86)32-34-57(53)74(59)37-17-9-14-26-61(76)69-35-16-15-23-54(63(78)70-36-38-87-39-40-88-45-60(68)75)71-64(79)55(72-65(80)89-44-47-19-10-7-11-20-47)41-46-27-29-49(30-28-46)62(77)48-21-12-8-13-22-48/h7-8,10-13,18-22,24-25,27-34,42-43,54-55H,6,9,14-17,23,26,35-41,44-45H2,1-5H3,(H7-,68,69,70,71,72,75,76,78,79,80,81,82,83,84,85,86)/t54-,55-/m0/s1. The minimum atomic E-state index is -4.69. The Balaban J connectivity index is 0.967. The number of carbonyl (C=O) groups excluding carboxylic acids is 6. The fourth-order valence-electron chi connectivity index (χ4n) is 11.2. The van der Waals surface area contributed by atoms with Gasteiger partial charge in [0, 0.05) is 84.5 Å². The zero-order chi connectivity index (χ0) is 65.9. The molecule has 0 saturated heterocycles. The van der Waals surface area contributed by atoms with Crippen LogP contribution < -0.4 is 31.9 Å². The number of anilines is 1. The van der Waals surface area contributed by atoms with Crippen LogP contribution >= 0.6 is 0 Å². The van der Waals surface area contributed by atoms with Gasteiger partial charge in [0.1, 0.15) is 42.0 Å². The quantitative estimate of drug-likeness (QED) is 0.0103. The number of amides is 5. The number of nitrogens with one attached hydrogen (secondary N) is 4. The van der Waals surface area contributed by atoms with Gasteiger partial charge in [-0.1, -0.05) is 105 Å². The number of carbonyl (C=O) groups is 6. The van der Waals surface area contributed by atoms with Crippen LogP contribution in [0.4, 0.5) is 16.2 Å². The minimum absolute atomic E-state index is 0.0281. The molecule has 24 heteroatoms. The first kappa shape index (κ1) is 70.1. The monoisotopic (exact) mass is 1290 g/mol. The van der Waals surface area contributed by atoms with Crippen LogP contribution in [0.1, 0.15) is 118 Å². The Morgan fingerprint density at radius 3 is 2.04 bits per heavy atom. The van der Waals surface area contributed by atoms with E-state index in [-0.39, 0.29) is 86.9 Å². The van der Waals surface area contributed by atoms with E-state index in [4.69, 9.17) is 19.9 Å². The molecule has 486 valence electrons. The number of nitrogens with zero attached hydrogens (tertiary/aromatic N) is 2. The Morgan fingerprint density at radius 1 is 0.692 bits per heavy atom. The third kappa shape index (κ3) is 19.3. The molecule has 0 aromatic heterocycles. The molecule has 7 rings (SSSR count). The van der Waals surface area contributed by atoms with Crippen molar-refractivity contribution in [1.82, 2.24) is 21.3 Å². The Bertz CT molecular complexity index is 3740. The zero-order valence-electron chi connectivity index (χ0n) is 51.9. The number of rotatable bonds is 34. The minimum Gasteiger partial charge on any atom is -0.744 e. The van der Waals surface area contributed by atoms with Crippen LogP contribution in [-0.2, 0) is 77.5 Å². The molecule has 0 unspecified atom stereocenters. The maximum atomic E-state index is 14.3. The van der Waals surface area contributed by atoms with Crippen LogP contribution in [0.15, 0.2) is 155 Å². The van der Waals surface area contributed by atoms with Gasteiger partial charge in [0.05, 0.1) is 35.0 Å². The predicted octanol–water partition coefficient (Wildman–Crippen LogP) is 7.21. The van der Waals surface area contributed by atoms with Crippen molar-refractivity contribution in [2.75, 3.05) is 57.5 Å². The molecule has 0 bridgehead atoms. The van der Waals surface area contributed by atoms with Gasteiger partial charge in [-0.25, -0.2) is 13.2 Å². The lowest BCUT2D eigenvalue weighted by Gasteiger charge is -2.25. The maximum absolute atomic E-state index is 14.3. The summed E-state index contributed by atoms with van der Waals surface area (Å²) in [4.78, 5) is 80.3. The summed E-state index contributed by atoms with van der Waals surface area (Å²) >= 11 is 0. The summed E-state index contributed by atoms with van der Waals surface area (Å²) in [6, 6.07) is 31.1. The first-order valence-corrected chi connectivity index (χ1v) is 33.1. The Morgan fingerprint density at radius 2 is 1.36 bits per heavy atom. The molecule has 5 aromatic carbocycles. The smallest absolute Gasteiger partial charge is 0.408 e. The van der Waals surface area contributed by atoms with Gasteiger partial charge in [-0.3, -0.25) is 28.5 Å². The Hall–Kier alpha value is -8.39. The summed E-state index contributed by atoms with van der Waals surface area (Å²) in [5.74, 6) is -2.19. The van der Waals surface area contributed by atoms with Crippen molar-refractivity contribution < 1.29 is 73.5 Å². The van der Waals surface area contributed by atoms with Gasteiger partial charge in [-0.05, 0) is 106 Å². The van der Waals surface area contributed by atoms with Crippen molar-refractivity contribution in [1.29, 1.82) is 0 Å². The molecule has 0 spiro atoms. The molecule has 0 fully saturated rings. The van der Waals surface area contributed by atoms with Crippen LogP contribution in [0, 0.1) is 0 Å². The average molecular weight is 1290 g/mol. The molecule has 5 aromatic rings. The number of nitrogens with two attached hydrogens (primary N) is 1. The zero-order valence-corrected chi connectivity index (χ0v) is 53.5. The van der Waals surface area contributed by atoms with Crippen molar-refractivity contribution in [3.63, 3.8) is 0 Å². The van der Waals surface area contributed by atoms with Gasteiger partial charge in [-0.2, -0.15) is 13.0 Å². The number of hydrogen-bond donors (Lipinski definition) is 6. The first-order chi connectivity index (χ1) is 43.3. The molecule has 2 heterocycles. The second-order valence-electron chi connectivity index (χ2n) is 23.2. The van der Waals surface area contributed by atoms with Crippen molar-refractivity contribution >= 4 is 72.8 Å². The molecule has 5 amide bonds. The highest BCUT2D eigenvalue weighted by molar-refractivity contribution is 7.86. The third-order valence-electron chi connectivity index (χ3n) is 16.0. The van der Waals surface area contributed by atoms with Crippen LogP contribution in [0.25, 0.3) is 0 Å². The predicted molar refractivity (Wildman–Crippen MR) is 341 cm³/mol. The summed E-state index contributed by atoms with van der Waals surface area (Å²) in [5, 5.41) is 11.2. The van der Waals surface area contributed by atoms with Crippen molar-refractivity contribution in [3.8, 4) is 0 Å². The number of benzene rings is 5. The highest BCUT2D eigenvalue weighted by Crippen LogP contribution is 2.48. The van der Waals surface area contributed by atoms with E-state index in [0.717, 1.165) is 28.3 Å². The van der Waals surface area contributed by atoms with Crippen LogP contribution in [0.3, 0.4) is 0 Å². The molecule has 0 aliphatic carbocycles. The van der Waals surface area contributed by atoms with Gasteiger partial charge < -0.3 is 50.7 Å². The number of hydrogen-bond acceptors (Lipinski definition) is 15. The lowest BCUT2D eigenvalue weighted by molar-refractivity contribution is -0.438. The van der Waals surface area contributed by atoms with Crippen LogP contribution in [0.2, 0.25) is 0 Å². The van der Waals surface area contributed by atoms with E-state index in [0.29, 0.717) is 73.0 Å². The fraction of sp³-hybridized carbons (Fsp3) is 0.388. The topological polar surface area (TPSA) is 322 Å². The van der Waals surface area contributed by atoms with Gasteiger partial charge in [0.2, 0.25) is 29.3 Å². The molecule has 91 heavy (non-hydrogen) atoms. The lowest BCUT2D eigenvalue weighted by atomic mass is 9.81. The van der Waals surface area contributed by atoms with E-state index < -0.39 is 67.0 Å². The molecule has 0 saturated carbocycles. The number of allylic oxidation sites excluding steroid dienone is 4. The molecular formula is C67H81N7O15S2. The first-order valence-electron chi connectivity index (χ1n) is 30.3. The molecular weight excluding hydrogens is 1210 g/mol. The van der Waals surface area contributed by atoms with Gasteiger partial charge in [0.15, 0.2) is 11.5 Å². The number of ether oxygens (including phenoxy) is 3. The Kier molecular flexibility index (Phi) is 24.7. The van der Waals surface area contributed by atoms with Crippen molar-refractivity contribution in [2.24, 2.45) is 5.73 Å². The largest absolute Gasteiger partial charge is 0.744 e. The van der Waals surface area contributed by atoms with E-state index in [2.05, 4.69) is 30.7 Å². The van der Waals surface area contributed by atoms with E-state index in [9.17, 15) is 54.7 Å². The normalized spacial score (nSPS) is 15.2. The number of unbranched alkanes of at least 4 members (excludes halogenated alkanes) is 3. The lowest BCUT2D eigenvalue weighted by Crippen LogP contribution is -2.54. The number of ketones is 1. The molecule has 22 nitrogen and oxygen atoms in total. The highest BCUT2D eigenvalue weighted by atomic mass is 32.2. The molecule has 2 aliphatic rings. The second kappa shape index (κ2) is 32.1. The summed E-state index contributed by atoms with van der Waals surface area (Å²) in [5.41, 5.74) is 10.7. The number of fused-ring (bicyclic) bond motifs is 2. The molecule has 7 N–H and O–H groups in total.